The lowest BCUT2D eigenvalue weighted by atomic mass is 10.2. The molecule has 1 amide bonds. The molecule has 1 saturated heterocycles. The van der Waals surface area contributed by atoms with Crippen LogP contribution in [-0.2, 0) is 11.3 Å². The Morgan fingerprint density at radius 1 is 1.36 bits per heavy atom. The summed E-state index contributed by atoms with van der Waals surface area (Å²) < 4.78 is 4.94. The third-order valence-electron chi connectivity index (χ3n) is 3.17. The van der Waals surface area contributed by atoms with Gasteiger partial charge in [-0.25, -0.2) is 9.78 Å². The number of hydrogen-bond acceptors (Lipinski definition) is 6. The summed E-state index contributed by atoms with van der Waals surface area (Å²) in [6.45, 7) is 1.50. The number of aromatic nitrogens is 2. The standard InChI is InChI=1S/C14H14ClN5O2/c15-11-7-12(19-13(16)18-11)17-8-9-2-1-3-10(6-9)20-4-5-22-14(20)21/h1-3,6-7H,4-5,8H2,(H3,16,17,18,19). The molecule has 2 heterocycles. The molecule has 3 N–H and O–H groups in total. The molecule has 22 heavy (non-hydrogen) atoms. The van der Waals surface area contributed by atoms with E-state index in [0.717, 1.165) is 11.3 Å². The lowest BCUT2D eigenvalue weighted by molar-refractivity contribution is 0.181. The number of nitrogens with two attached hydrogens (primary N) is 1. The molecule has 0 aliphatic carbocycles. The molecule has 0 saturated carbocycles. The second-order valence-electron chi connectivity index (χ2n) is 4.72. The predicted molar refractivity (Wildman–Crippen MR) is 83.9 cm³/mol. The fourth-order valence-corrected chi connectivity index (χ4v) is 2.37. The van der Waals surface area contributed by atoms with Crippen molar-refractivity contribution in [3.8, 4) is 0 Å². The molecule has 0 bridgehead atoms. The van der Waals surface area contributed by atoms with Crippen molar-refractivity contribution >= 4 is 35.1 Å². The Hall–Kier alpha value is -2.54. The van der Waals surface area contributed by atoms with Crippen molar-refractivity contribution in [1.29, 1.82) is 0 Å². The maximum absolute atomic E-state index is 11.6. The smallest absolute Gasteiger partial charge is 0.414 e. The number of rotatable bonds is 4. The van der Waals surface area contributed by atoms with Crippen LogP contribution in [0.25, 0.3) is 0 Å². The van der Waals surface area contributed by atoms with Gasteiger partial charge in [-0.3, -0.25) is 4.90 Å². The lowest BCUT2D eigenvalue weighted by Crippen LogP contribution is -2.23. The third-order valence-corrected chi connectivity index (χ3v) is 3.36. The van der Waals surface area contributed by atoms with Gasteiger partial charge in [0.25, 0.3) is 0 Å². The third kappa shape index (κ3) is 3.20. The van der Waals surface area contributed by atoms with E-state index in [1.54, 1.807) is 11.0 Å². The van der Waals surface area contributed by atoms with Gasteiger partial charge in [0.15, 0.2) is 0 Å². The molecule has 1 aromatic carbocycles. The summed E-state index contributed by atoms with van der Waals surface area (Å²) in [5, 5.41) is 3.40. The molecule has 0 spiro atoms. The van der Waals surface area contributed by atoms with Crippen LogP contribution in [0.4, 0.5) is 22.2 Å². The first-order chi connectivity index (χ1) is 10.6. The number of carbonyl (C=O) groups excluding carboxylic acids is 1. The van der Waals surface area contributed by atoms with Crippen LogP contribution >= 0.6 is 11.6 Å². The first-order valence-corrected chi connectivity index (χ1v) is 7.07. The number of ether oxygens (including phenoxy) is 1. The number of carbonyl (C=O) groups is 1. The molecule has 1 aromatic heterocycles. The van der Waals surface area contributed by atoms with Crippen molar-refractivity contribution in [2.75, 3.05) is 29.1 Å². The highest BCUT2D eigenvalue weighted by Crippen LogP contribution is 2.21. The van der Waals surface area contributed by atoms with Gasteiger partial charge in [0.1, 0.15) is 17.6 Å². The molecular weight excluding hydrogens is 306 g/mol. The van der Waals surface area contributed by atoms with E-state index in [1.165, 1.54) is 0 Å². The number of anilines is 3. The average Bonchev–Trinajstić information content (AvgIpc) is 2.91. The zero-order valence-electron chi connectivity index (χ0n) is 11.6. The van der Waals surface area contributed by atoms with Gasteiger partial charge in [-0.2, -0.15) is 4.98 Å². The number of nitrogen functional groups attached to an aromatic ring is 1. The summed E-state index contributed by atoms with van der Waals surface area (Å²) >= 11 is 5.83. The van der Waals surface area contributed by atoms with Crippen molar-refractivity contribution < 1.29 is 9.53 Å². The van der Waals surface area contributed by atoms with Gasteiger partial charge in [0, 0.05) is 18.3 Å². The summed E-state index contributed by atoms with van der Waals surface area (Å²) in [4.78, 5) is 21.0. The maximum Gasteiger partial charge on any atom is 0.414 e. The highest BCUT2D eigenvalue weighted by molar-refractivity contribution is 6.29. The van der Waals surface area contributed by atoms with Crippen molar-refractivity contribution in [3.63, 3.8) is 0 Å². The number of nitrogens with one attached hydrogen (secondary N) is 1. The summed E-state index contributed by atoms with van der Waals surface area (Å²) in [5.41, 5.74) is 7.34. The Kier molecular flexibility index (Phi) is 3.97. The molecule has 0 unspecified atom stereocenters. The quantitative estimate of drug-likeness (QED) is 0.840. The van der Waals surface area contributed by atoms with Crippen LogP contribution in [0.5, 0.6) is 0 Å². The van der Waals surface area contributed by atoms with E-state index in [-0.39, 0.29) is 17.2 Å². The summed E-state index contributed by atoms with van der Waals surface area (Å²) in [6, 6.07) is 9.23. The topological polar surface area (TPSA) is 93.4 Å². The summed E-state index contributed by atoms with van der Waals surface area (Å²) in [6.07, 6.45) is -0.319. The van der Waals surface area contributed by atoms with Gasteiger partial charge >= 0.3 is 6.09 Å². The molecule has 0 atom stereocenters. The largest absolute Gasteiger partial charge is 0.447 e. The predicted octanol–water partition coefficient (Wildman–Crippen LogP) is 2.28. The zero-order valence-corrected chi connectivity index (χ0v) is 12.4. The molecule has 7 nitrogen and oxygen atoms in total. The maximum atomic E-state index is 11.6. The first-order valence-electron chi connectivity index (χ1n) is 6.69. The van der Waals surface area contributed by atoms with Crippen LogP contribution in [-0.4, -0.2) is 29.2 Å². The van der Waals surface area contributed by atoms with Crippen LogP contribution in [0.15, 0.2) is 30.3 Å². The van der Waals surface area contributed by atoms with Crippen LogP contribution in [0.3, 0.4) is 0 Å². The summed E-state index contributed by atoms with van der Waals surface area (Å²) in [5.74, 6) is 0.659. The van der Waals surface area contributed by atoms with Gasteiger partial charge in [-0.05, 0) is 17.7 Å². The second kappa shape index (κ2) is 6.07. The molecule has 114 valence electrons. The minimum atomic E-state index is -0.319. The normalized spacial score (nSPS) is 14.0. The van der Waals surface area contributed by atoms with Gasteiger partial charge in [0.2, 0.25) is 5.95 Å². The molecule has 1 aliphatic heterocycles. The van der Waals surface area contributed by atoms with Gasteiger partial charge in [-0.15, -0.1) is 0 Å². The van der Waals surface area contributed by atoms with Crippen molar-refractivity contribution in [2.24, 2.45) is 0 Å². The van der Waals surface area contributed by atoms with E-state index in [2.05, 4.69) is 15.3 Å². The monoisotopic (exact) mass is 319 g/mol. The van der Waals surface area contributed by atoms with Gasteiger partial charge in [0.05, 0.1) is 6.54 Å². The Balaban J connectivity index is 1.71. The second-order valence-corrected chi connectivity index (χ2v) is 5.11. The fourth-order valence-electron chi connectivity index (χ4n) is 2.18. The number of halogens is 1. The van der Waals surface area contributed by atoms with Crippen molar-refractivity contribution in [3.05, 3.63) is 41.0 Å². The highest BCUT2D eigenvalue weighted by atomic mass is 35.5. The van der Waals surface area contributed by atoms with Crippen molar-refractivity contribution in [2.45, 2.75) is 6.54 Å². The van der Waals surface area contributed by atoms with E-state index >= 15 is 0 Å². The number of cyclic esters (lactones) is 1. The molecule has 1 fully saturated rings. The minimum Gasteiger partial charge on any atom is -0.447 e. The molecule has 0 radical (unpaired) electrons. The van der Waals surface area contributed by atoms with Crippen LogP contribution in [0, 0.1) is 0 Å². The Bertz CT molecular complexity index is 689. The van der Waals surface area contributed by atoms with Crippen LogP contribution in [0.2, 0.25) is 5.15 Å². The average molecular weight is 320 g/mol. The van der Waals surface area contributed by atoms with Gasteiger partial charge < -0.3 is 15.8 Å². The minimum absolute atomic E-state index is 0.114. The van der Waals surface area contributed by atoms with E-state index in [4.69, 9.17) is 22.1 Å². The molecule has 1 aliphatic rings. The van der Waals surface area contributed by atoms with E-state index in [0.29, 0.717) is 25.5 Å². The Labute approximate surface area is 132 Å². The molecule has 8 heteroatoms. The SMILES string of the molecule is Nc1nc(Cl)cc(NCc2cccc(N3CCOC3=O)c2)n1. The van der Waals surface area contributed by atoms with E-state index in [9.17, 15) is 4.79 Å². The number of nitrogens with zero attached hydrogens (tertiary/aromatic N) is 3. The Morgan fingerprint density at radius 2 is 2.23 bits per heavy atom. The Morgan fingerprint density at radius 3 is 2.95 bits per heavy atom. The van der Waals surface area contributed by atoms with Crippen LogP contribution < -0.4 is 16.0 Å². The number of amides is 1. The molecule has 2 aromatic rings. The van der Waals surface area contributed by atoms with Crippen LogP contribution in [0.1, 0.15) is 5.56 Å². The van der Waals surface area contributed by atoms with E-state index in [1.807, 2.05) is 24.3 Å². The fraction of sp³-hybridized carbons (Fsp3) is 0.214. The van der Waals surface area contributed by atoms with Gasteiger partial charge in [-0.1, -0.05) is 23.7 Å². The number of benzene rings is 1. The highest BCUT2D eigenvalue weighted by Gasteiger charge is 2.23. The van der Waals surface area contributed by atoms with Crippen molar-refractivity contribution in [1.82, 2.24) is 9.97 Å². The zero-order chi connectivity index (χ0) is 15.5. The lowest BCUT2D eigenvalue weighted by Gasteiger charge is -2.14. The van der Waals surface area contributed by atoms with E-state index < -0.39 is 0 Å². The first kappa shape index (κ1) is 14.4. The molecule has 3 rings (SSSR count). The number of hydrogen-bond donors (Lipinski definition) is 2. The molecular formula is C14H14ClN5O2. The summed E-state index contributed by atoms with van der Waals surface area (Å²) in [7, 11) is 0.